The van der Waals surface area contributed by atoms with Gasteiger partial charge in [-0.25, -0.2) is 0 Å². The molecule has 138 heavy (non-hydrogen) atoms. The van der Waals surface area contributed by atoms with Crippen molar-refractivity contribution in [3.05, 3.63) is 510 Å². The number of hydrogen-bond donors (Lipinski definition) is 0. The van der Waals surface area contributed by atoms with Gasteiger partial charge in [-0.15, -0.1) is 0 Å². The molecule has 0 atom stereocenters. The normalized spacial score (nSPS) is 10.6. The van der Waals surface area contributed by atoms with Gasteiger partial charge in [0.25, 0.3) is 0 Å². The van der Waals surface area contributed by atoms with Crippen molar-refractivity contribution in [2.45, 2.75) is 166 Å². The molecule has 708 valence electrons. The van der Waals surface area contributed by atoms with Gasteiger partial charge in [-0.1, -0.05) is 664 Å². The first-order chi connectivity index (χ1) is 65.6. The van der Waals surface area contributed by atoms with E-state index in [-0.39, 0.29) is 0 Å². The molecular formula is C138H156. The number of hydrogen-bond acceptors (Lipinski definition) is 0. The van der Waals surface area contributed by atoms with E-state index in [0.29, 0.717) is 32.5 Å². The van der Waals surface area contributed by atoms with Crippen molar-refractivity contribution < 1.29 is 0 Å². The lowest BCUT2D eigenvalue weighted by molar-refractivity contribution is 0.469. The third-order valence-electron chi connectivity index (χ3n) is 18.5. The van der Waals surface area contributed by atoms with Gasteiger partial charge in [0.05, 0.1) is 0 Å². The summed E-state index contributed by atoms with van der Waals surface area (Å²) in [4.78, 5) is 0. The Balaban J connectivity index is 0.000000212. The molecule has 0 spiro atoms. The van der Waals surface area contributed by atoms with Crippen LogP contribution in [-0.4, -0.2) is 0 Å². The van der Waals surface area contributed by atoms with Crippen molar-refractivity contribution in [3.63, 3.8) is 0 Å². The predicted molar refractivity (Wildman–Crippen MR) is 615 cm³/mol. The zero-order valence-corrected chi connectivity index (χ0v) is 87.5. The third-order valence-corrected chi connectivity index (χ3v) is 18.5. The molecule has 0 bridgehead atoms. The van der Waals surface area contributed by atoms with Gasteiger partial charge in [0.2, 0.25) is 0 Å². The maximum Gasteiger partial charge on any atom is -0.0105 e. The van der Waals surface area contributed by atoms with Crippen molar-refractivity contribution in [1.29, 1.82) is 0 Å². The SMILES string of the molecule is CC(C)(C)C.CC(C)(C)C.CC(C)(C)C.CC(C)(C)C.CC(C)(C)C.CC(C)(C)C.c1ccc(-c2ccc(-c3ccccc3)cc2)cc1.c1ccc(-c2ccc(-c3ccccc3)cc2)cc1.c1ccc(-c2cccc(-c3ccccc3)c2)cc1.c1ccc(-c2cccc(-c3ccccc3)c2)cc1.c1ccc(-c2ccccc2-c2ccccc2)cc1.c1ccc(-c2ccccc2-c2ccccc2)cc1. The molecule has 0 fully saturated rings. The minimum absolute atomic E-state index is 0.500. The molecule has 18 aromatic carbocycles. The molecule has 0 aromatic heterocycles. The van der Waals surface area contributed by atoms with Crippen molar-refractivity contribution in [2.75, 3.05) is 0 Å². The van der Waals surface area contributed by atoms with Crippen molar-refractivity contribution in [3.8, 4) is 134 Å². The highest BCUT2D eigenvalue weighted by Crippen LogP contribution is 2.36. The first-order valence-corrected chi connectivity index (χ1v) is 48.9. The Hall–Kier alpha value is -14.0. The van der Waals surface area contributed by atoms with E-state index in [9.17, 15) is 0 Å². The molecule has 0 aliphatic carbocycles. The van der Waals surface area contributed by atoms with E-state index in [2.05, 4.69) is 627 Å². The summed E-state index contributed by atoms with van der Waals surface area (Å²) in [6.45, 7) is 52.5. The molecule has 0 saturated carbocycles. The topological polar surface area (TPSA) is 0 Å². The lowest BCUT2D eigenvalue weighted by atomic mass is 9.95. The minimum atomic E-state index is 0.500. The molecule has 0 N–H and O–H groups in total. The molecule has 0 aliphatic rings. The fourth-order valence-corrected chi connectivity index (χ4v) is 13.0. The third kappa shape index (κ3) is 48.4. The van der Waals surface area contributed by atoms with Crippen LogP contribution in [0.15, 0.2) is 510 Å². The Morgan fingerprint density at radius 2 is 0.159 bits per heavy atom. The van der Waals surface area contributed by atoms with Crippen LogP contribution >= 0.6 is 0 Å². The van der Waals surface area contributed by atoms with E-state index < -0.39 is 0 Å². The summed E-state index contributed by atoms with van der Waals surface area (Å²) < 4.78 is 0. The lowest BCUT2D eigenvalue weighted by Gasteiger charge is -2.09. The molecule has 0 amide bonds. The second-order valence-electron chi connectivity index (χ2n) is 43.8. The van der Waals surface area contributed by atoms with Crippen LogP contribution in [-0.2, 0) is 0 Å². The Morgan fingerprint density at radius 3 is 0.275 bits per heavy atom. The Morgan fingerprint density at radius 1 is 0.0797 bits per heavy atom. The van der Waals surface area contributed by atoms with Crippen LogP contribution in [0.2, 0.25) is 0 Å². The molecule has 0 radical (unpaired) electrons. The maximum absolute atomic E-state index is 2.24. The summed E-state index contributed by atoms with van der Waals surface area (Å²) in [6, 6.07) is 178. The maximum atomic E-state index is 2.24. The van der Waals surface area contributed by atoms with E-state index >= 15 is 0 Å². The highest BCUT2D eigenvalue weighted by Gasteiger charge is 2.11. The summed E-state index contributed by atoms with van der Waals surface area (Å²) in [5.41, 5.74) is 33.3. The van der Waals surface area contributed by atoms with Gasteiger partial charge in [-0.3, -0.25) is 0 Å². The molecule has 0 unspecified atom stereocenters. The van der Waals surface area contributed by atoms with Crippen LogP contribution in [0.25, 0.3) is 134 Å². The molecule has 0 saturated heterocycles. The van der Waals surface area contributed by atoms with Crippen LogP contribution in [0.4, 0.5) is 0 Å². The van der Waals surface area contributed by atoms with Crippen LogP contribution < -0.4 is 0 Å². The van der Waals surface area contributed by atoms with Gasteiger partial charge in [0.15, 0.2) is 0 Å². The molecular weight excluding hydrogens is 1660 g/mol. The fraction of sp³-hybridized carbons (Fsp3) is 0.217. The first-order valence-electron chi connectivity index (χ1n) is 48.9. The Bertz CT molecular complexity index is 5380. The van der Waals surface area contributed by atoms with E-state index in [1.165, 1.54) is 134 Å². The molecule has 0 heteroatoms. The predicted octanol–water partition coefficient (Wildman–Crippen LogP) is 42.4. The molecule has 0 nitrogen and oxygen atoms in total. The second-order valence-corrected chi connectivity index (χ2v) is 43.8. The smallest absolute Gasteiger partial charge is 0.0105 e. The van der Waals surface area contributed by atoms with Gasteiger partial charge in [-0.2, -0.15) is 0 Å². The van der Waals surface area contributed by atoms with Gasteiger partial charge in [0.1, 0.15) is 0 Å². The molecule has 18 aromatic rings. The highest BCUT2D eigenvalue weighted by atomic mass is 14.2. The number of benzene rings is 18. The summed E-state index contributed by atoms with van der Waals surface area (Å²) in [7, 11) is 0. The van der Waals surface area contributed by atoms with E-state index in [4.69, 9.17) is 0 Å². The first kappa shape index (κ1) is 111. The highest BCUT2D eigenvalue weighted by molar-refractivity contribution is 5.85. The zero-order valence-electron chi connectivity index (χ0n) is 87.5. The van der Waals surface area contributed by atoms with E-state index in [1.54, 1.807) is 0 Å². The fourth-order valence-electron chi connectivity index (χ4n) is 13.0. The van der Waals surface area contributed by atoms with E-state index in [0.717, 1.165) is 0 Å². The van der Waals surface area contributed by atoms with Crippen molar-refractivity contribution in [1.82, 2.24) is 0 Å². The van der Waals surface area contributed by atoms with Crippen molar-refractivity contribution >= 4 is 0 Å². The summed E-state index contributed by atoms with van der Waals surface area (Å²) in [6.07, 6.45) is 0. The summed E-state index contributed by atoms with van der Waals surface area (Å²) in [5, 5.41) is 0. The summed E-state index contributed by atoms with van der Waals surface area (Å²) in [5.74, 6) is 0. The molecule has 0 heterocycles. The van der Waals surface area contributed by atoms with Crippen molar-refractivity contribution in [2.24, 2.45) is 32.5 Å². The number of rotatable bonds is 12. The zero-order chi connectivity index (χ0) is 100. The van der Waals surface area contributed by atoms with Crippen LogP contribution in [0.5, 0.6) is 0 Å². The van der Waals surface area contributed by atoms with E-state index in [1.807, 2.05) is 48.5 Å². The van der Waals surface area contributed by atoms with Crippen LogP contribution in [0, 0.1) is 32.5 Å². The van der Waals surface area contributed by atoms with Crippen LogP contribution in [0.3, 0.4) is 0 Å². The second kappa shape index (κ2) is 57.8. The largest absolute Gasteiger partial charge is 0.0622 e. The minimum Gasteiger partial charge on any atom is -0.0622 e. The lowest BCUT2D eigenvalue weighted by Crippen LogP contribution is -1.93. The summed E-state index contributed by atoms with van der Waals surface area (Å²) >= 11 is 0. The van der Waals surface area contributed by atoms with Gasteiger partial charge in [0, 0.05) is 0 Å². The Labute approximate surface area is 835 Å². The molecule has 0 aliphatic heterocycles. The standard InChI is InChI=1S/6C18H14.6C5H12/c2*1-3-9-15(10-4-1)17-13-7-8-14-18(17)16-11-5-2-6-12-16;2*1-3-8-15(9-4-1)17-12-7-13-18(14-17)16-10-5-2-6-11-16;2*1-3-7-15(8-4-1)17-11-13-18(14-12-17)16-9-5-2-6-10-16;6*1-5(2,3)4/h6*1-14H;6*1-4H3. The van der Waals surface area contributed by atoms with Crippen LogP contribution in [0.1, 0.15) is 166 Å². The van der Waals surface area contributed by atoms with Gasteiger partial charge >= 0.3 is 0 Å². The van der Waals surface area contributed by atoms with Gasteiger partial charge < -0.3 is 0 Å². The average Bonchev–Trinajstić information content (AvgIpc) is 0.466. The van der Waals surface area contributed by atoms with Gasteiger partial charge in [-0.05, 0) is 178 Å². The molecule has 18 rings (SSSR count). The monoisotopic (exact) mass is 1810 g/mol. The quantitative estimate of drug-likeness (QED) is 0.114. The average molecular weight is 1810 g/mol. The Kier molecular flexibility index (Phi) is 46.4.